The molecule has 2 aromatic rings. The van der Waals surface area contributed by atoms with Crippen LogP contribution in [-0.4, -0.2) is 23.3 Å². The number of urea groups is 1. The first-order chi connectivity index (χ1) is 12.9. The van der Waals surface area contributed by atoms with Crippen LogP contribution in [-0.2, 0) is 17.8 Å². The molecule has 2 amide bonds. The second kappa shape index (κ2) is 8.95. The average molecular weight is 405 g/mol. The van der Waals surface area contributed by atoms with E-state index < -0.39 is 11.9 Å². The Balaban J connectivity index is 0.00000280. The number of halogens is 1. The number of hydrogen-bond donors (Lipinski definition) is 3. The van der Waals surface area contributed by atoms with Gasteiger partial charge in [-0.25, -0.2) is 10.2 Å². The molecular formula is C20H25ClN4O3. The Bertz CT molecular complexity index is 826. The second-order valence-electron chi connectivity index (χ2n) is 6.77. The lowest BCUT2D eigenvalue weighted by Gasteiger charge is -2.26. The molecule has 1 aliphatic rings. The van der Waals surface area contributed by atoms with Gasteiger partial charge in [-0.1, -0.05) is 31.2 Å². The predicted octanol–water partition coefficient (Wildman–Crippen LogP) is 3.13. The van der Waals surface area contributed by atoms with Crippen molar-refractivity contribution in [2.75, 3.05) is 9.91 Å². The van der Waals surface area contributed by atoms with Crippen LogP contribution in [0.5, 0.6) is 0 Å². The van der Waals surface area contributed by atoms with Crippen LogP contribution in [0.15, 0.2) is 48.5 Å². The number of carboxylic acids is 1. The summed E-state index contributed by atoms with van der Waals surface area (Å²) < 4.78 is 0. The monoisotopic (exact) mass is 404 g/mol. The molecule has 0 saturated carbocycles. The quantitative estimate of drug-likeness (QED) is 0.687. The lowest BCUT2D eigenvalue weighted by atomic mass is 10.0. The molecule has 4 N–H and O–H groups in total. The molecule has 7 nitrogen and oxygen atoms in total. The minimum Gasteiger partial charge on any atom is -0.481 e. The van der Waals surface area contributed by atoms with Gasteiger partial charge in [0.2, 0.25) is 0 Å². The van der Waals surface area contributed by atoms with Crippen LogP contribution in [0.2, 0.25) is 0 Å². The summed E-state index contributed by atoms with van der Waals surface area (Å²) in [6.07, 6.45) is 0.238. The van der Waals surface area contributed by atoms with Crippen LogP contribution in [0.4, 0.5) is 16.2 Å². The fourth-order valence-corrected chi connectivity index (χ4v) is 3.17. The average Bonchev–Trinajstić information content (AvgIpc) is 2.96. The molecule has 0 aromatic heterocycles. The highest BCUT2D eigenvalue weighted by atomic mass is 35.5. The molecular weight excluding hydrogens is 380 g/mol. The van der Waals surface area contributed by atoms with Gasteiger partial charge in [0.1, 0.15) is 6.17 Å². The van der Waals surface area contributed by atoms with E-state index in [9.17, 15) is 9.59 Å². The van der Waals surface area contributed by atoms with E-state index in [2.05, 4.69) is 5.43 Å². The Morgan fingerprint density at radius 3 is 2.18 bits per heavy atom. The van der Waals surface area contributed by atoms with Gasteiger partial charge in [-0.3, -0.25) is 14.7 Å². The molecule has 0 radical (unpaired) electrons. The number of rotatable bonds is 6. The van der Waals surface area contributed by atoms with Crippen molar-refractivity contribution in [3.8, 4) is 0 Å². The number of amides is 2. The Kier molecular flexibility index (Phi) is 6.88. The van der Waals surface area contributed by atoms with Crippen molar-refractivity contribution in [3.05, 3.63) is 59.7 Å². The number of hydrogen-bond acceptors (Lipinski definition) is 4. The van der Waals surface area contributed by atoms with Crippen molar-refractivity contribution in [3.63, 3.8) is 0 Å². The van der Waals surface area contributed by atoms with Gasteiger partial charge in [-0.05, 0) is 48.7 Å². The van der Waals surface area contributed by atoms with Gasteiger partial charge in [-0.2, -0.15) is 0 Å². The van der Waals surface area contributed by atoms with Gasteiger partial charge in [-0.15, -0.1) is 12.4 Å². The Morgan fingerprint density at radius 2 is 1.64 bits per heavy atom. The largest absolute Gasteiger partial charge is 0.481 e. The van der Waals surface area contributed by atoms with Crippen LogP contribution in [0, 0.1) is 5.92 Å². The van der Waals surface area contributed by atoms with E-state index in [0.717, 1.165) is 22.5 Å². The predicted molar refractivity (Wildman–Crippen MR) is 111 cm³/mol. The smallest absolute Gasteiger partial charge is 0.342 e. The number of carbonyl (C=O) groups is 2. The molecule has 1 fully saturated rings. The molecule has 1 heterocycles. The Hall–Kier alpha value is -2.77. The van der Waals surface area contributed by atoms with E-state index in [1.165, 1.54) is 0 Å². The lowest BCUT2D eigenvalue weighted by molar-refractivity contribution is -0.141. The van der Waals surface area contributed by atoms with E-state index >= 15 is 0 Å². The summed E-state index contributed by atoms with van der Waals surface area (Å²) in [4.78, 5) is 25.2. The third-order valence-corrected chi connectivity index (χ3v) is 4.81. The van der Waals surface area contributed by atoms with E-state index in [4.69, 9.17) is 10.8 Å². The lowest BCUT2D eigenvalue weighted by Crippen LogP contribution is -2.38. The van der Waals surface area contributed by atoms with Crippen molar-refractivity contribution in [2.24, 2.45) is 11.7 Å². The molecule has 2 atom stereocenters. The number of aliphatic carboxylic acids is 1. The third kappa shape index (κ3) is 4.37. The molecule has 1 aliphatic heterocycles. The highest BCUT2D eigenvalue weighted by Gasteiger charge is 2.35. The van der Waals surface area contributed by atoms with Gasteiger partial charge in [0.05, 0.1) is 11.6 Å². The SMILES string of the molecule is CC(Cc1ccc(N2C(=O)NN(c3ccc(CN)cc3)C2C)cc1)C(=O)O.Cl. The van der Waals surface area contributed by atoms with Crippen LogP contribution in [0.3, 0.4) is 0 Å². The van der Waals surface area contributed by atoms with E-state index in [1.807, 2.05) is 60.5 Å². The summed E-state index contributed by atoms with van der Waals surface area (Å²) in [7, 11) is 0. The van der Waals surface area contributed by atoms with Crippen molar-refractivity contribution in [1.82, 2.24) is 5.43 Å². The summed E-state index contributed by atoms with van der Waals surface area (Å²) >= 11 is 0. The molecule has 1 saturated heterocycles. The molecule has 8 heteroatoms. The Labute approximate surface area is 170 Å². The number of nitrogens with zero attached hydrogens (tertiary/aromatic N) is 2. The van der Waals surface area contributed by atoms with Gasteiger partial charge in [0.25, 0.3) is 0 Å². The normalized spacial score (nSPS) is 17.1. The summed E-state index contributed by atoms with van der Waals surface area (Å²) in [6, 6.07) is 15.0. The fraction of sp³-hybridized carbons (Fsp3) is 0.300. The molecule has 28 heavy (non-hydrogen) atoms. The number of anilines is 2. The molecule has 0 aliphatic carbocycles. The highest BCUT2D eigenvalue weighted by molar-refractivity contribution is 5.97. The van der Waals surface area contributed by atoms with E-state index in [1.54, 1.807) is 11.8 Å². The molecule has 3 rings (SSSR count). The highest BCUT2D eigenvalue weighted by Crippen LogP contribution is 2.27. The zero-order valence-electron chi connectivity index (χ0n) is 15.8. The Morgan fingerprint density at radius 1 is 1.11 bits per heavy atom. The molecule has 2 unspecified atom stereocenters. The van der Waals surface area contributed by atoms with Crippen LogP contribution in [0.25, 0.3) is 0 Å². The molecule has 0 spiro atoms. The van der Waals surface area contributed by atoms with E-state index in [-0.39, 0.29) is 24.6 Å². The number of benzene rings is 2. The topological polar surface area (TPSA) is 98.9 Å². The molecule has 0 bridgehead atoms. The zero-order chi connectivity index (χ0) is 19.6. The van der Waals surface area contributed by atoms with Gasteiger partial charge < -0.3 is 10.8 Å². The first-order valence-electron chi connectivity index (χ1n) is 8.90. The maximum absolute atomic E-state index is 12.5. The summed E-state index contributed by atoms with van der Waals surface area (Å²) in [5.74, 6) is -1.26. The minimum absolute atomic E-state index is 0. The van der Waals surface area contributed by atoms with Gasteiger partial charge >= 0.3 is 12.0 Å². The maximum Gasteiger partial charge on any atom is 0.342 e. The molecule has 2 aromatic carbocycles. The van der Waals surface area contributed by atoms with Crippen molar-refractivity contribution >= 4 is 35.8 Å². The number of carbonyl (C=O) groups excluding carboxylic acids is 1. The number of hydrazine groups is 1. The van der Waals surface area contributed by atoms with E-state index in [0.29, 0.717) is 13.0 Å². The van der Waals surface area contributed by atoms with Gasteiger partial charge in [0.15, 0.2) is 0 Å². The first kappa shape index (κ1) is 21.5. The maximum atomic E-state index is 12.5. The van der Waals surface area contributed by atoms with Crippen molar-refractivity contribution < 1.29 is 14.7 Å². The van der Waals surface area contributed by atoms with Crippen LogP contribution in [0.1, 0.15) is 25.0 Å². The summed E-state index contributed by atoms with van der Waals surface area (Å²) in [6.45, 7) is 4.09. The van der Waals surface area contributed by atoms with Crippen LogP contribution >= 0.6 is 12.4 Å². The van der Waals surface area contributed by atoms with Gasteiger partial charge in [0, 0.05) is 12.2 Å². The fourth-order valence-electron chi connectivity index (χ4n) is 3.17. The minimum atomic E-state index is -0.817. The number of nitrogens with two attached hydrogens (primary N) is 1. The standard InChI is InChI=1S/C20H24N4O3.ClH/c1-13(19(25)26)11-15-3-7-17(8-4-15)23-14(2)24(22-20(23)27)18-9-5-16(12-21)6-10-18;/h3-10,13-14H,11-12,21H2,1-2H3,(H,22,27)(H,25,26);1H. The number of carboxylic acid groups (broad SMARTS) is 1. The zero-order valence-corrected chi connectivity index (χ0v) is 16.6. The van der Waals surface area contributed by atoms with Crippen molar-refractivity contribution in [1.29, 1.82) is 0 Å². The first-order valence-corrected chi connectivity index (χ1v) is 8.90. The summed E-state index contributed by atoms with van der Waals surface area (Å²) in [5, 5.41) is 10.8. The second-order valence-corrected chi connectivity index (χ2v) is 6.77. The third-order valence-electron chi connectivity index (χ3n) is 4.81. The van der Waals surface area contributed by atoms with Crippen LogP contribution < -0.4 is 21.1 Å². The molecule has 150 valence electrons. The van der Waals surface area contributed by atoms with Crippen molar-refractivity contribution in [2.45, 2.75) is 33.0 Å². The number of nitrogens with one attached hydrogen (secondary N) is 1. The summed E-state index contributed by atoms with van der Waals surface area (Å²) in [5.41, 5.74) is 12.1.